The molecule has 2 heterocycles. The Morgan fingerprint density at radius 2 is 2.41 bits per heavy atom. The Hall–Kier alpha value is -1.58. The summed E-state index contributed by atoms with van der Waals surface area (Å²) >= 11 is 0. The highest BCUT2D eigenvalue weighted by atomic mass is 16.5. The van der Waals surface area contributed by atoms with E-state index in [9.17, 15) is 4.79 Å². The summed E-state index contributed by atoms with van der Waals surface area (Å²) in [6.07, 6.45) is 3.73. The molecule has 1 atom stereocenters. The largest absolute Gasteiger partial charge is 0.469 e. The van der Waals surface area contributed by atoms with Crippen LogP contribution in [-0.2, 0) is 9.53 Å². The van der Waals surface area contributed by atoms with Crippen LogP contribution in [0.4, 0.5) is 5.82 Å². The molecule has 2 rings (SSSR count). The number of hydrogen-bond acceptors (Lipinski definition) is 4. The SMILES string of the molecule is COC(=O)C1CCCN(c2cc(C)ccn2)C1. The number of hydrogen-bond donors (Lipinski definition) is 0. The standard InChI is InChI=1S/C13H18N2O2/c1-10-5-6-14-12(8-10)15-7-3-4-11(9-15)13(16)17-2/h5-6,8,11H,3-4,7,9H2,1-2H3. The van der Waals surface area contributed by atoms with Crippen molar-refractivity contribution in [2.45, 2.75) is 19.8 Å². The molecule has 0 spiro atoms. The van der Waals surface area contributed by atoms with Crippen molar-refractivity contribution in [2.24, 2.45) is 5.92 Å². The fourth-order valence-corrected chi connectivity index (χ4v) is 2.24. The highest BCUT2D eigenvalue weighted by Crippen LogP contribution is 2.22. The van der Waals surface area contributed by atoms with E-state index in [-0.39, 0.29) is 11.9 Å². The van der Waals surface area contributed by atoms with Gasteiger partial charge in [-0.1, -0.05) is 0 Å². The number of methoxy groups -OCH3 is 1. The maximum absolute atomic E-state index is 11.5. The molecule has 17 heavy (non-hydrogen) atoms. The maximum atomic E-state index is 11.5. The Morgan fingerprint density at radius 1 is 1.59 bits per heavy atom. The van der Waals surface area contributed by atoms with Crippen LogP contribution >= 0.6 is 0 Å². The molecule has 1 aromatic rings. The number of pyridine rings is 1. The Bertz CT molecular complexity index is 406. The van der Waals surface area contributed by atoms with Gasteiger partial charge >= 0.3 is 5.97 Å². The van der Waals surface area contributed by atoms with Crippen molar-refractivity contribution in [1.82, 2.24) is 4.98 Å². The number of rotatable bonds is 2. The number of aryl methyl sites for hydroxylation is 1. The fourth-order valence-electron chi connectivity index (χ4n) is 2.24. The highest BCUT2D eigenvalue weighted by Gasteiger charge is 2.26. The van der Waals surface area contributed by atoms with Crippen molar-refractivity contribution in [3.05, 3.63) is 23.9 Å². The zero-order chi connectivity index (χ0) is 12.3. The minimum atomic E-state index is -0.109. The topological polar surface area (TPSA) is 42.4 Å². The molecule has 1 aliphatic heterocycles. The molecule has 4 nitrogen and oxygen atoms in total. The van der Waals surface area contributed by atoms with E-state index in [2.05, 4.69) is 16.0 Å². The van der Waals surface area contributed by atoms with Gasteiger partial charge in [0.1, 0.15) is 5.82 Å². The minimum absolute atomic E-state index is 0.0175. The van der Waals surface area contributed by atoms with Crippen LogP contribution in [0.5, 0.6) is 0 Å². The molecule has 0 bridgehead atoms. The second-order valence-electron chi connectivity index (χ2n) is 4.50. The van der Waals surface area contributed by atoms with E-state index < -0.39 is 0 Å². The first kappa shape index (κ1) is 11.9. The third kappa shape index (κ3) is 2.75. The molecule has 0 radical (unpaired) electrons. The number of ether oxygens (including phenoxy) is 1. The van der Waals surface area contributed by atoms with Gasteiger partial charge in [-0.15, -0.1) is 0 Å². The average molecular weight is 234 g/mol. The molecule has 0 aliphatic carbocycles. The van der Waals surface area contributed by atoms with Gasteiger partial charge in [0.2, 0.25) is 0 Å². The van der Waals surface area contributed by atoms with Crippen LogP contribution in [0, 0.1) is 12.8 Å². The molecule has 0 amide bonds. The second-order valence-corrected chi connectivity index (χ2v) is 4.50. The van der Waals surface area contributed by atoms with Gasteiger partial charge in [-0.2, -0.15) is 0 Å². The summed E-state index contributed by atoms with van der Waals surface area (Å²) in [4.78, 5) is 18.1. The van der Waals surface area contributed by atoms with E-state index in [1.807, 2.05) is 19.2 Å². The first-order chi connectivity index (χ1) is 8.20. The summed E-state index contributed by atoms with van der Waals surface area (Å²) < 4.78 is 4.81. The van der Waals surface area contributed by atoms with Gasteiger partial charge in [-0.05, 0) is 37.5 Å². The van der Waals surface area contributed by atoms with Gasteiger partial charge in [0.25, 0.3) is 0 Å². The van der Waals surface area contributed by atoms with Crippen LogP contribution in [-0.4, -0.2) is 31.2 Å². The van der Waals surface area contributed by atoms with E-state index in [4.69, 9.17) is 4.74 Å². The summed E-state index contributed by atoms with van der Waals surface area (Å²) in [6, 6.07) is 4.03. The lowest BCUT2D eigenvalue weighted by Gasteiger charge is -2.32. The maximum Gasteiger partial charge on any atom is 0.310 e. The van der Waals surface area contributed by atoms with Crippen molar-refractivity contribution < 1.29 is 9.53 Å². The molecule has 1 aliphatic rings. The smallest absolute Gasteiger partial charge is 0.310 e. The summed E-state index contributed by atoms with van der Waals surface area (Å²) in [5.41, 5.74) is 1.19. The fraction of sp³-hybridized carbons (Fsp3) is 0.538. The van der Waals surface area contributed by atoms with Crippen LogP contribution < -0.4 is 4.90 Å². The number of esters is 1. The summed E-state index contributed by atoms with van der Waals surface area (Å²) in [5.74, 6) is 0.831. The third-order valence-electron chi connectivity index (χ3n) is 3.18. The van der Waals surface area contributed by atoms with Gasteiger partial charge < -0.3 is 9.64 Å². The first-order valence-corrected chi connectivity index (χ1v) is 5.96. The third-order valence-corrected chi connectivity index (χ3v) is 3.18. The van der Waals surface area contributed by atoms with Gasteiger partial charge in [0.05, 0.1) is 13.0 Å². The Morgan fingerprint density at radius 3 is 3.12 bits per heavy atom. The molecule has 0 N–H and O–H groups in total. The van der Waals surface area contributed by atoms with Crippen molar-refractivity contribution in [1.29, 1.82) is 0 Å². The monoisotopic (exact) mass is 234 g/mol. The van der Waals surface area contributed by atoms with Crippen molar-refractivity contribution in [3.63, 3.8) is 0 Å². The number of carbonyl (C=O) groups excluding carboxylic acids is 1. The quantitative estimate of drug-likeness (QED) is 0.731. The summed E-state index contributed by atoms with van der Waals surface area (Å²) in [7, 11) is 1.45. The van der Waals surface area contributed by atoms with Crippen LogP contribution in [0.2, 0.25) is 0 Å². The van der Waals surface area contributed by atoms with Gasteiger partial charge in [0, 0.05) is 19.3 Å². The van der Waals surface area contributed by atoms with E-state index in [1.165, 1.54) is 12.7 Å². The molecular formula is C13H18N2O2. The molecule has 1 fully saturated rings. The van der Waals surface area contributed by atoms with Gasteiger partial charge in [0.15, 0.2) is 0 Å². The molecular weight excluding hydrogens is 216 g/mol. The van der Waals surface area contributed by atoms with Crippen LogP contribution in [0.1, 0.15) is 18.4 Å². The second kappa shape index (κ2) is 5.17. The van der Waals surface area contributed by atoms with E-state index in [0.29, 0.717) is 6.54 Å². The highest BCUT2D eigenvalue weighted by molar-refractivity contribution is 5.73. The normalized spacial score (nSPS) is 20.1. The Kier molecular flexibility index (Phi) is 3.61. The van der Waals surface area contributed by atoms with Crippen molar-refractivity contribution >= 4 is 11.8 Å². The summed E-state index contributed by atoms with van der Waals surface area (Å²) in [6.45, 7) is 3.72. The molecule has 92 valence electrons. The Balaban J connectivity index is 2.09. The van der Waals surface area contributed by atoms with Crippen LogP contribution in [0.15, 0.2) is 18.3 Å². The molecule has 1 unspecified atom stereocenters. The van der Waals surface area contributed by atoms with E-state index in [0.717, 1.165) is 25.2 Å². The predicted molar refractivity (Wildman–Crippen MR) is 65.9 cm³/mol. The summed E-state index contributed by atoms with van der Waals surface area (Å²) in [5, 5.41) is 0. The van der Waals surface area contributed by atoms with Crippen molar-refractivity contribution in [3.8, 4) is 0 Å². The zero-order valence-electron chi connectivity index (χ0n) is 10.3. The number of anilines is 1. The zero-order valence-corrected chi connectivity index (χ0v) is 10.3. The molecule has 0 saturated carbocycles. The van der Waals surface area contributed by atoms with Crippen molar-refractivity contribution in [2.75, 3.05) is 25.1 Å². The number of carbonyl (C=O) groups is 1. The lowest BCUT2D eigenvalue weighted by Crippen LogP contribution is -2.39. The first-order valence-electron chi connectivity index (χ1n) is 5.96. The lowest BCUT2D eigenvalue weighted by molar-refractivity contribution is -0.145. The molecule has 1 aromatic heterocycles. The van der Waals surface area contributed by atoms with Crippen LogP contribution in [0.3, 0.4) is 0 Å². The van der Waals surface area contributed by atoms with E-state index >= 15 is 0 Å². The molecule has 1 saturated heterocycles. The van der Waals surface area contributed by atoms with Gasteiger partial charge in [-0.25, -0.2) is 4.98 Å². The Labute approximate surface area is 102 Å². The number of piperidine rings is 1. The lowest BCUT2D eigenvalue weighted by atomic mass is 9.98. The number of aromatic nitrogens is 1. The van der Waals surface area contributed by atoms with E-state index in [1.54, 1.807) is 0 Å². The predicted octanol–water partition coefficient (Wildman–Crippen LogP) is 1.78. The molecule has 0 aromatic carbocycles. The average Bonchev–Trinajstić information content (AvgIpc) is 2.38. The number of nitrogens with zero attached hydrogens (tertiary/aromatic N) is 2. The van der Waals surface area contributed by atoms with Crippen LogP contribution in [0.25, 0.3) is 0 Å². The minimum Gasteiger partial charge on any atom is -0.469 e. The molecule has 4 heteroatoms. The van der Waals surface area contributed by atoms with Gasteiger partial charge in [-0.3, -0.25) is 4.79 Å².